The van der Waals surface area contributed by atoms with E-state index in [0.29, 0.717) is 17.5 Å². The summed E-state index contributed by atoms with van der Waals surface area (Å²) in [5.74, 6) is -0.902. The van der Waals surface area contributed by atoms with Crippen LogP contribution in [0.25, 0.3) is 0 Å². The van der Waals surface area contributed by atoms with Crippen molar-refractivity contribution in [1.82, 2.24) is 0 Å². The minimum atomic E-state index is -0.512. The molecule has 0 saturated carbocycles. The molecule has 0 saturated heterocycles. The number of ketones is 3. The van der Waals surface area contributed by atoms with E-state index in [1.54, 1.807) is 24.3 Å². The molecule has 0 amide bonds. The zero-order valence-electron chi connectivity index (χ0n) is 9.60. The Morgan fingerprint density at radius 3 is 2.28 bits per heavy atom. The minimum Gasteiger partial charge on any atom is -0.324 e. The Balaban J connectivity index is 2.29. The molecule has 0 aliphatic heterocycles. The van der Waals surface area contributed by atoms with Crippen LogP contribution in [0.5, 0.6) is 0 Å². The fourth-order valence-electron chi connectivity index (χ4n) is 2.58. The van der Waals surface area contributed by atoms with Gasteiger partial charge in [0, 0.05) is 29.2 Å². The summed E-state index contributed by atoms with van der Waals surface area (Å²) in [5, 5.41) is 0. The Morgan fingerprint density at radius 1 is 1.00 bits per heavy atom. The molecule has 2 N–H and O–H groups in total. The molecular weight excluding hydrogens is 230 g/mol. The Bertz CT molecular complexity index is 628. The first kappa shape index (κ1) is 11.0. The van der Waals surface area contributed by atoms with E-state index in [2.05, 4.69) is 0 Å². The summed E-state index contributed by atoms with van der Waals surface area (Å²) in [6.45, 7) is 0. The molecule has 3 rings (SSSR count). The smallest absolute Gasteiger partial charge is 0.197 e. The van der Waals surface area contributed by atoms with E-state index in [-0.39, 0.29) is 34.9 Å². The average Bonchev–Trinajstić information content (AvgIpc) is 2.38. The van der Waals surface area contributed by atoms with Gasteiger partial charge in [0.25, 0.3) is 0 Å². The quantitative estimate of drug-likeness (QED) is 0.689. The molecule has 0 bridgehead atoms. The summed E-state index contributed by atoms with van der Waals surface area (Å²) >= 11 is 0. The summed E-state index contributed by atoms with van der Waals surface area (Å²) in [4.78, 5) is 36.4. The van der Waals surface area contributed by atoms with Gasteiger partial charge < -0.3 is 5.73 Å². The summed E-state index contributed by atoms with van der Waals surface area (Å²) in [6.07, 6.45) is 0.667. The number of allylic oxidation sites excluding steroid dienone is 1. The van der Waals surface area contributed by atoms with Gasteiger partial charge in [-0.1, -0.05) is 24.3 Å². The zero-order chi connectivity index (χ0) is 12.9. The van der Waals surface area contributed by atoms with Crippen molar-refractivity contribution in [3.63, 3.8) is 0 Å². The molecule has 1 aromatic rings. The van der Waals surface area contributed by atoms with E-state index >= 15 is 0 Å². The van der Waals surface area contributed by atoms with E-state index in [0.717, 1.165) is 0 Å². The highest BCUT2D eigenvalue weighted by molar-refractivity contribution is 6.37. The molecule has 0 radical (unpaired) electrons. The number of hydrogen-bond donors (Lipinski definition) is 1. The lowest BCUT2D eigenvalue weighted by Gasteiger charge is -2.27. The molecule has 4 nitrogen and oxygen atoms in total. The summed E-state index contributed by atoms with van der Waals surface area (Å²) in [6, 6.07) is 6.05. The Hall–Kier alpha value is -2.07. The van der Waals surface area contributed by atoms with Crippen LogP contribution in [0, 0.1) is 0 Å². The van der Waals surface area contributed by atoms with Crippen molar-refractivity contribution in [3.8, 4) is 0 Å². The van der Waals surface area contributed by atoms with E-state index in [1.165, 1.54) is 0 Å². The zero-order valence-corrected chi connectivity index (χ0v) is 9.60. The molecule has 2 aliphatic rings. The second kappa shape index (κ2) is 3.71. The molecule has 90 valence electrons. The molecule has 1 unspecified atom stereocenters. The normalized spacial score (nSPS) is 22.9. The highest BCUT2D eigenvalue weighted by Crippen LogP contribution is 2.32. The third-order valence-corrected chi connectivity index (χ3v) is 3.49. The Labute approximate surface area is 103 Å². The first-order valence-corrected chi connectivity index (χ1v) is 5.82. The first-order valence-electron chi connectivity index (χ1n) is 5.82. The van der Waals surface area contributed by atoms with E-state index in [9.17, 15) is 14.4 Å². The summed E-state index contributed by atoms with van der Waals surface area (Å²) in [7, 11) is 0. The number of carbonyl (C=O) groups excluding carboxylic acids is 3. The van der Waals surface area contributed by atoms with Gasteiger partial charge >= 0.3 is 0 Å². The number of nitrogens with two attached hydrogens (primary N) is 1. The van der Waals surface area contributed by atoms with Gasteiger partial charge in [-0.2, -0.15) is 0 Å². The van der Waals surface area contributed by atoms with Crippen molar-refractivity contribution in [2.24, 2.45) is 5.73 Å². The summed E-state index contributed by atoms with van der Waals surface area (Å²) < 4.78 is 0. The fraction of sp³-hybridized carbons (Fsp3) is 0.214. The van der Waals surface area contributed by atoms with Crippen molar-refractivity contribution in [3.05, 3.63) is 46.5 Å². The van der Waals surface area contributed by atoms with Crippen LogP contribution in [0.1, 0.15) is 33.6 Å². The summed E-state index contributed by atoms with van der Waals surface area (Å²) in [5.41, 5.74) is 6.76. The van der Waals surface area contributed by atoms with Crippen molar-refractivity contribution in [2.75, 3.05) is 0 Å². The molecule has 0 fully saturated rings. The van der Waals surface area contributed by atoms with Gasteiger partial charge in [-0.15, -0.1) is 0 Å². The van der Waals surface area contributed by atoms with Crippen LogP contribution in [0.15, 0.2) is 35.4 Å². The second-order valence-electron chi connectivity index (χ2n) is 4.56. The number of benzene rings is 1. The van der Waals surface area contributed by atoms with Crippen LogP contribution in [-0.2, 0) is 4.79 Å². The minimum absolute atomic E-state index is 0.0115. The molecular formula is C14H11NO3. The van der Waals surface area contributed by atoms with Crippen LogP contribution in [0.3, 0.4) is 0 Å². The molecule has 0 spiro atoms. The van der Waals surface area contributed by atoms with Crippen molar-refractivity contribution in [2.45, 2.75) is 18.9 Å². The fourth-order valence-corrected chi connectivity index (χ4v) is 2.58. The number of hydrogen-bond acceptors (Lipinski definition) is 4. The average molecular weight is 241 g/mol. The highest BCUT2D eigenvalue weighted by atomic mass is 16.2. The maximum absolute atomic E-state index is 12.3. The van der Waals surface area contributed by atoms with Gasteiger partial charge in [0.1, 0.15) is 0 Å². The first-order chi connectivity index (χ1) is 8.61. The SMILES string of the molecule is NC1CCC(=O)C2=C1C(=O)c1ccccc1C2=O. The van der Waals surface area contributed by atoms with Crippen molar-refractivity contribution < 1.29 is 14.4 Å². The molecule has 2 aliphatic carbocycles. The molecule has 1 atom stereocenters. The van der Waals surface area contributed by atoms with Crippen LogP contribution in [0.4, 0.5) is 0 Å². The van der Waals surface area contributed by atoms with Gasteiger partial charge in [-0.25, -0.2) is 0 Å². The van der Waals surface area contributed by atoms with Crippen LogP contribution >= 0.6 is 0 Å². The standard InChI is InChI=1S/C14H11NO3/c15-9-5-6-10(16)12-11(9)13(17)7-3-1-2-4-8(7)14(12)18/h1-4,9H,5-6,15H2. The number of rotatable bonds is 0. The van der Waals surface area contributed by atoms with E-state index < -0.39 is 6.04 Å². The van der Waals surface area contributed by atoms with Crippen molar-refractivity contribution in [1.29, 1.82) is 0 Å². The van der Waals surface area contributed by atoms with Gasteiger partial charge in [0.05, 0.1) is 5.57 Å². The van der Waals surface area contributed by atoms with Crippen molar-refractivity contribution >= 4 is 17.3 Å². The maximum atomic E-state index is 12.3. The maximum Gasteiger partial charge on any atom is 0.197 e. The van der Waals surface area contributed by atoms with Gasteiger partial charge in [-0.05, 0) is 6.42 Å². The lowest BCUT2D eigenvalue weighted by molar-refractivity contribution is -0.115. The Morgan fingerprint density at radius 2 is 1.61 bits per heavy atom. The Kier molecular flexibility index (Phi) is 2.28. The van der Waals surface area contributed by atoms with Crippen LogP contribution in [0.2, 0.25) is 0 Å². The monoisotopic (exact) mass is 241 g/mol. The third-order valence-electron chi connectivity index (χ3n) is 3.49. The molecule has 0 aromatic heterocycles. The molecule has 18 heavy (non-hydrogen) atoms. The van der Waals surface area contributed by atoms with Crippen LogP contribution in [-0.4, -0.2) is 23.4 Å². The van der Waals surface area contributed by atoms with E-state index in [4.69, 9.17) is 5.73 Å². The van der Waals surface area contributed by atoms with Crippen LogP contribution < -0.4 is 5.73 Å². The lowest BCUT2D eigenvalue weighted by atomic mass is 9.75. The molecule has 1 aromatic carbocycles. The molecule has 0 heterocycles. The number of carbonyl (C=O) groups is 3. The highest BCUT2D eigenvalue weighted by Gasteiger charge is 2.40. The third kappa shape index (κ3) is 1.32. The second-order valence-corrected chi connectivity index (χ2v) is 4.56. The van der Waals surface area contributed by atoms with Gasteiger partial charge in [0.15, 0.2) is 17.3 Å². The topological polar surface area (TPSA) is 77.2 Å². The van der Waals surface area contributed by atoms with Gasteiger partial charge in [0.2, 0.25) is 0 Å². The van der Waals surface area contributed by atoms with E-state index in [1.807, 2.05) is 0 Å². The molecule has 4 heteroatoms. The van der Waals surface area contributed by atoms with Gasteiger partial charge in [-0.3, -0.25) is 14.4 Å². The largest absolute Gasteiger partial charge is 0.324 e. The predicted octanol–water partition coefficient (Wildman–Crippen LogP) is 1.05. The number of Topliss-reactive ketones (excluding diaryl/α,β-unsaturated/α-hetero) is 3. The predicted molar refractivity (Wildman–Crippen MR) is 64.3 cm³/mol. The lowest BCUT2D eigenvalue weighted by Crippen LogP contribution is -2.39. The number of fused-ring (bicyclic) bond motifs is 1.